The van der Waals surface area contributed by atoms with Crippen molar-refractivity contribution < 1.29 is 23.0 Å². The van der Waals surface area contributed by atoms with Crippen LogP contribution in [0.1, 0.15) is 16.7 Å². The number of phenols is 1. The van der Waals surface area contributed by atoms with E-state index in [9.17, 15) is 18.3 Å². The minimum absolute atomic E-state index is 0.0947. The largest absolute Gasteiger partial charge is 0.508 e. The fourth-order valence-electron chi connectivity index (χ4n) is 1.70. The zero-order valence-electron chi connectivity index (χ0n) is 10.7. The van der Waals surface area contributed by atoms with Crippen molar-refractivity contribution in [2.45, 2.75) is 19.7 Å². The summed E-state index contributed by atoms with van der Waals surface area (Å²) in [5.74, 6) is 0.426. The maximum Gasteiger partial charge on any atom is 0.416 e. The highest BCUT2D eigenvalue weighted by atomic mass is 19.4. The van der Waals surface area contributed by atoms with Crippen LogP contribution < -0.4 is 4.74 Å². The average Bonchev–Trinajstić information content (AvgIpc) is 2.37. The van der Waals surface area contributed by atoms with Gasteiger partial charge >= 0.3 is 6.18 Å². The van der Waals surface area contributed by atoms with Crippen molar-refractivity contribution in [3.05, 3.63) is 59.2 Å². The molecule has 5 heteroatoms. The Kier molecular flexibility index (Phi) is 3.88. The number of halogens is 3. The van der Waals surface area contributed by atoms with E-state index in [-0.39, 0.29) is 12.4 Å². The van der Waals surface area contributed by atoms with Gasteiger partial charge in [-0.15, -0.1) is 0 Å². The van der Waals surface area contributed by atoms with Crippen molar-refractivity contribution in [2.75, 3.05) is 0 Å². The van der Waals surface area contributed by atoms with E-state index in [1.54, 1.807) is 12.1 Å². The Labute approximate surface area is 114 Å². The molecule has 2 aromatic rings. The van der Waals surface area contributed by atoms with Crippen LogP contribution in [0.25, 0.3) is 0 Å². The summed E-state index contributed by atoms with van der Waals surface area (Å²) in [6, 6.07) is 9.59. The number of aryl methyl sites for hydroxylation is 1. The molecule has 0 aliphatic carbocycles. The predicted molar refractivity (Wildman–Crippen MR) is 68.6 cm³/mol. The zero-order chi connectivity index (χ0) is 14.8. The van der Waals surface area contributed by atoms with Crippen LogP contribution in [-0.4, -0.2) is 5.11 Å². The SMILES string of the molecule is Cc1ccc(COc2ccc(C(F)(F)F)cc2)c(O)c1. The van der Waals surface area contributed by atoms with E-state index in [4.69, 9.17) is 4.74 Å². The van der Waals surface area contributed by atoms with Gasteiger partial charge in [-0.1, -0.05) is 12.1 Å². The Morgan fingerprint density at radius 2 is 1.70 bits per heavy atom. The number of aromatic hydroxyl groups is 1. The van der Waals surface area contributed by atoms with E-state index in [0.717, 1.165) is 17.7 Å². The van der Waals surface area contributed by atoms with E-state index in [1.165, 1.54) is 12.1 Å². The monoisotopic (exact) mass is 282 g/mol. The van der Waals surface area contributed by atoms with Crippen LogP contribution in [0.15, 0.2) is 42.5 Å². The molecule has 1 N–H and O–H groups in total. The molecule has 2 rings (SSSR count). The molecule has 2 nitrogen and oxygen atoms in total. The number of benzene rings is 2. The molecule has 0 spiro atoms. The molecule has 0 aliphatic rings. The molecule has 0 fully saturated rings. The van der Waals surface area contributed by atoms with Gasteiger partial charge in [0.25, 0.3) is 0 Å². The molecule has 2 aromatic carbocycles. The van der Waals surface area contributed by atoms with Crippen molar-refractivity contribution in [2.24, 2.45) is 0 Å². The van der Waals surface area contributed by atoms with E-state index >= 15 is 0 Å². The first-order chi connectivity index (χ1) is 9.36. The average molecular weight is 282 g/mol. The molecule has 0 heterocycles. The Morgan fingerprint density at radius 1 is 1.05 bits per heavy atom. The van der Waals surface area contributed by atoms with Crippen molar-refractivity contribution >= 4 is 0 Å². The van der Waals surface area contributed by atoms with Crippen LogP contribution in [0.4, 0.5) is 13.2 Å². The minimum Gasteiger partial charge on any atom is -0.508 e. The normalized spacial score (nSPS) is 11.4. The number of ether oxygens (including phenoxy) is 1. The van der Waals surface area contributed by atoms with Gasteiger partial charge < -0.3 is 9.84 Å². The highest BCUT2D eigenvalue weighted by Crippen LogP contribution is 2.30. The fourth-order valence-corrected chi connectivity index (χ4v) is 1.70. The van der Waals surface area contributed by atoms with Crippen molar-refractivity contribution in [1.82, 2.24) is 0 Å². The van der Waals surface area contributed by atoms with E-state index in [0.29, 0.717) is 11.3 Å². The van der Waals surface area contributed by atoms with Crippen LogP contribution in [0, 0.1) is 6.92 Å². The molecular formula is C15H13F3O2. The Bertz CT molecular complexity index is 589. The molecular weight excluding hydrogens is 269 g/mol. The maximum atomic E-state index is 12.4. The number of rotatable bonds is 3. The number of hydrogen-bond donors (Lipinski definition) is 1. The molecule has 0 bridgehead atoms. The number of alkyl halides is 3. The van der Waals surface area contributed by atoms with Gasteiger partial charge in [0.2, 0.25) is 0 Å². The second-order valence-electron chi connectivity index (χ2n) is 4.44. The third kappa shape index (κ3) is 3.44. The number of phenolic OH excluding ortho intramolecular Hbond substituents is 1. The molecule has 0 aromatic heterocycles. The summed E-state index contributed by atoms with van der Waals surface area (Å²) in [4.78, 5) is 0. The lowest BCUT2D eigenvalue weighted by Crippen LogP contribution is -2.04. The first kappa shape index (κ1) is 14.2. The molecule has 20 heavy (non-hydrogen) atoms. The predicted octanol–water partition coefficient (Wildman–Crippen LogP) is 4.30. The van der Waals surface area contributed by atoms with Crippen LogP contribution in [-0.2, 0) is 12.8 Å². The quantitative estimate of drug-likeness (QED) is 0.909. The second-order valence-corrected chi connectivity index (χ2v) is 4.44. The van der Waals surface area contributed by atoms with Gasteiger partial charge in [-0.05, 0) is 42.8 Å². The van der Waals surface area contributed by atoms with Gasteiger partial charge in [-0.25, -0.2) is 0 Å². The van der Waals surface area contributed by atoms with Crippen molar-refractivity contribution in [3.63, 3.8) is 0 Å². The van der Waals surface area contributed by atoms with Crippen LogP contribution in [0.3, 0.4) is 0 Å². The summed E-state index contributed by atoms with van der Waals surface area (Å²) in [6.45, 7) is 1.94. The third-order valence-corrected chi connectivity index (χ3v) is 2.82. The molecule has 0 unspecified atom stereocenters. The Balaban J connectivity index is 2.04. The number of hydrogen-bond acceptors (Lipinski definition) is 2. The molecule has 0 saturated carbocycles. The van der Waals surface area contributed by atoms with Crippen LogP contribution in [0.2, 0.25) is 0 Å². The summed E-state index contributed by atoms with van der Waals surface area (Å²) in [5, 5.41) is 9.69. The molecule has 0 aliphatic heterocycles. The first-order valence-electron chi connectivity index (χ1n) is 5.95. The zero-order valence-corrected chi connectivity index (χ0v) is 10.7. The van der Waals surface area contributed by atoms with E-state index < -0.39 is 11.7 Å². The molecule has 0 saturated heterocycles. The highest BCUT2D eigenvalue weighted by Gasteiger charge is 2.29. The lowest BCUT2D eigenvalue weighted by molar-refractivity contribution is -0.137. The topological polar surface area (TPSA) is 29.5 Å². The van der Waals surface area contributed by atoms with Gasteiger partial charge in [-0.2, -0.15) is 13.2 Å². The van der Waals surface area contributed by atoms with Gasteiger partial charge in [0, 0.05) is 5.56 Å². The van der Waals surface area contributed by atoms with Crippen LogP contribution >= 0.6 is 0 Å². The summed E-state index contributed by atoms with van der Waals surface area (Å²) >= 11 is 0. The van der Waals surface area contributed by atoms with Gasteiger partial charge in [0.05, 0.1) is 5.56 Å². The van der Waals surface area contributed by atoms with Crippen LogP contribution in [0.5, 0.6) is 11.5 Å². The Morgan fingerprint density at radius 3 is 2.25 bits per heavy atom. The standard InChI is InChI=1S/C15H13F3O2/c1-10-2-3-11(14(19)8-10)9-20-13-6-4-12(5-7-13)15(16,17)18/h2-8,19H,9H2,1H3. The molecule has 106 valence electrons. The summed E-state index contributed by atoms with van der Waals surface area (Å²) in [5.41, 5.74) is 0.777. The van der Waals surface area contributed by atoms with E-state index in [1.807, 2.05) is 13.0 Å². The Hall–Kier alpha value is -2.17. The molecule has 0 atom stereocenters. The summed E-state index contributed by atoms with van der Waals surface area (Å²) < 4.78 is 42.5. The van der Waals surface area contributed by atoms with Gasteiger partial charge in [-0.3, -0.25) is 0 Å². The lowest BCUT2D eigenvalue weighted by atomic mass is 10.1. The second kappa shape index (κ2) is 5.45. The van der Waals surface area contributed by atoms with Gasteiger partial charge in [0.1, 0.15) is 18.1 Å². The highest BCUT2D eigenvalue weighted by molar-refractivity contribution is 5.36. The molecule has 0 amide bonds. The minimum atomic E-state index is -4.35. The summed E-state index contributed by atoms with van der Waals surface area (Å²) in [6.07, 6.45) is -4.35. The first-order valence-corrected chi connectivity index (χ1v) is 5.95. The smallest absolute Gasteiger partial charge is 0.416 e. The fraction of sp³-hybridized carbons (Fsp3) is 0.200. The molecule has 0 radical (unpaired) electrons. The van der Waals surface area contributed by atoms with Crippen molar-refractivity contribution in [3.8, 4) is 11.5 Å². The van der Waals surface area contributed by atoms with Gasteiger partial charge in [0.15, 0.2) is 0 Å². The van der Waals surface area contributed by atoms with E-state index in [2.05, 4.69) is 0 Å². The van der Waals surface area contributed by atoms with Crippen molar-refractivity contribution in [1.29, 1.82) is 0 Å². The summed E-state index contributed by atoms with van der Waals surface area (Å²) in [7, 11) is 0. The maximum absolute atomic E-state index is 12.4. The lowest BCUT2D eigenvalue weighted by Gasteiger charge is -2.10. The third-order valence-electron chi connectivity index (χ3n) is 2.82.